The molecule has 3 heterocycles. The first kappa shape index (κ1) is 51.8. The van der Waals surface area contributed by atoms with E-state index >= 15 is 0 Å². The first-order valence-electron chi connectivity index (χ1n) is 28.3. The van der Waals surface area contributed by atoms with Crippen LogP contribution in [0.3, 0.4) is 0 Å². The maximum absolute atomic E-state index is 6.10. The molecule has 1 aromatic heterocycles. The van der Waals surface area contributed by atoms with Crippen LogP contribution >= 0.6 is 0 Å². The first-order valence-corrected chi connectivity index (χ1v) is 30.3. The van der Waals surface area contributed by atoms with Gasteiger partial charge in [0, 0.05) is 39.7 Å². The molecule has 2 aliphatic rings. The maximum atomic E-state index is 6.10. The van der Waals surface area contributed by atoms with Crippen molar-refractivity contribution in [2.45, 2.75) is 105 Å². The predicted octanol–water partition coefficient (Wildman–Crippen LogP) is 14.2. The van der Waals surface area contributed by atoms with Gasteiger partial charge in [-0.15, -0.1) is 0 Å². The quantitative estimate of drug-likeness (QED) is 0.112. The van der Waals surface area contributed by atoms with E-state index in [0.29, 0.717) is 0 Å². The number of aromatic nitrogens is 2. The number of anilines is 6. The number of fused-ring (bicyclic) bond motifs is 4. The number of nitrogens with zero attached hydrogens (tertiary/aromatic N) is 4. The van der Waals surface area contributed by atoms with E-state index in [-0.39, 0.29) is 28.4 Å². The van der Waals surface area contributed by atoms with Gasteiger partial charge in [-0.05, 0) is 130 Å². The Hall–Kier alpha value is -7.93. The molecule has 0 saturated heterocycles. The summed E-state index contributed by atoms with van der Waals surface area (Å²) in [5, 5.41) is 5.29. The van der Waals surface area contributed by atoms with Crippen molar-refractivity contribution in [1.82, 2.24) is 9.55 Å². The molecule has 0 amide bonds. The number of benzene rings is 9. The SMILES string of the molecule is CC(C)(C)c1ccc(-c2nc3c(n2-c2ccccc2)N(c2ccc(C(C)(C)C)cc2)c2cc([Si](c4ccccc4)(c4ccccc4)c4ccccc4)cc4c2B3c2cc(C(C)(C)C)ccc2N4c2ccc(C(C)(C)C)cc2)cc1. The van der Waals surface area contributed by atoms with Gasteiger partial charge >= 0.3 is 0 Å². The highest BCUT2D eigenvalue weighted by molar-refractivity contribution is 7.20. The minimum absolute atomic E-state index is 0.00825. The summed E-state index contributed by atoms with van der Waals surface area (Å²) in [4.78, 5) is 11.3. The fourth-order valence-corrected chi connectivity index (χ4v) is 17.2. The molecule has 2 aliphatic heterocycles. The largest absolute Gasteiger partial charge is 0.311 e. The minimum atomic E-state index is -3.17. The molecule has 0 unspecified atom stereocenters. The Labute approximate surface area is 471 Å². The van der Waals surface area contributed by atoms with Crippen LogP contribution in [0.4, 0.5) is 34.3 Å². The number of hydrogen-bond donors (Lipinski definition) is 0. The molecule has 6 heteroatoms. The summed E-state index contributed by atoms with van der Waals surface area (Å²) in [5.74, 6) is 1.96. The molecule has 4 nitrogen and oxygen atoms in total. The summed E-state index contributed by atoms with van der Waals surface area (Å²) < 4.78 is 2.47. The number of hydrogen-bond acceptors (Lipinski definition) is 3. The number of imidazole rings is 1. The third-order valence-electron chi connectivity index (χ3n) is 16.8. The molecule has 0 atom stereocenters. The second-order valence-corrected chi connectivity index (χ2v) is 29.9. The summed E-state index contributed by atoms with van der Waals surface area (Å²) in [5.41, 5.74) is 16.4. The van der Waals surface area contributed by atoms with Crippen molar-refractivity contribution in [2.24, 2.45) is 0 Å². The standard InChI is InChI=1S/C73H73BN4Si/c1-70(2,3)51-35-33-50(34-36-51)68-75-67-69(78(68)55-25-17-13-18-26-55)77(57-44-39-53(40-45-57)72(7,8)9)65-49-61(79(58-27-19-14-20-28-58,59-29-21-15-22-30-59)60-31-23-16-24-32-60)48-64-66(65)74(67)62-47-54(73(10,11)12)41-46-63(62)76(64)56-42-37-52(38-43-56)71(4,5)6/h13-49H,1-12H3. The number of rotatable bonds is 8. The molecular formula is C73H73BN4Si. The van der Waals surface area contributed by atoms with Gasteiger partial charge in [0.25, 0.3) is 6.71 Å². The smallest absolute Gasteiger partial charge is 0.277 e. The zero-order chi connectivity index (χ0) is 55.2. The van der Waals surface area contributed by atoms with E-state index in [2.05, 4.69) is 322 Å². The molecule has 0 aliphatic carbocycles. The third-order valence-corrected chi connectivity index (χ3v) is 21.5. The van der Waals surface area contributed by atoms with Crippen LogP contribution in [0.15, 0.2) is 224 Å². The highest BCUT2D eigenvalue weighted by Crippen LogP contribution is 2.47. The fraction of sp³-hybridized carbons (Fsp3) is 0.219. The van der Waals surface area contributed by atoms with E-state index in [1.165, 1.54) is 65.3 Å². The van der Waals surface area contributed by atoms with E-state index in [1.807, 2.05) is 0 Å². The molecule has 0 radical (unpaired) electrons. The van der Waals surface area contributed by atoms with E-state index in [1.54, 1.807) is 0 Å². The summed E-state index contributed by atoms with van der Waals surface area (Å²) in [6.07, 6.45) is 0. The van der Waals surface area contributed by atoms with E-state index in [9.17, 15) is 0 Å². The van der Waals surface area contributed by atoms with Crippen molar-refractivity contribution in [1.29, 1.82) is 0 Å². The Morgan fingerprint density at radius 1 is 0.354 bits per heavy atom. The van der Waals surface area contributed by atoms with Crippen molar-refractivity contribution >= 4 is 86.3 Å². The van der Waals surface area contributed by atoms with Crippen molar-refractivity contribution in [3.8, 4) is 17.1 Å². The highest BCUT2D eigenvalue weighted by atomic mass is 28.3. The van der Waals surface area contributed by atoms with Gasteiger partial charge in [0.15, 0.2) is 8.07 Å². The lowest BCUT2D eigenvalue weighted by Gasteiger charge is -2.45. The molecule has 12 rings (SSSR count). The van der Waals surface area contributed by atoms with Gasteiger partial charge in [-0.1, -0.05) is 253 Å². The van der Waals surface area contributed by atoms with Crippen molar-refractivity contribution in [3.63, 3.8) is 0 Å². The van der Waals surface area contributed by atoms with Crippen molar-refractivity contribution in [2.75, 3.05) is 9.80 Å². The van der Waals surface area contributed by atoms with Gasteiger partial charge in [-0.25, -0.2) is 4.98 Å². The molecule has 0 saturated carbocycles. The van der Waals surface area contributed by atoms with Crippen molar-refractivity contribution in [3.05, 3.63) is 247 Å². The zero-order valence-corrected chi connectivity index (χ0v) is 49.2. The van der Waals surface area contributed by atoms with Gasteiger partial charge in [-0.3, -0.25) is 9.47 Å². The Morgan fingerprint density at radius 2 is 0.747 bits per heavy atom. The molecule has 79 heavy (non-hydrogen) atoms. The lowest BCUT2D eigenvalue weighted by atomic mass is 9.35. The monoisotopic (exact) mass is 1040 g/mol. The van der Waals surface area contributed by atoms with Crippen LogP contribution in [0.25, 0.3) is 17.1 Å². The molecule has 392 valence electrons. The molecule has 0 fully saturated rings. The summed E-state index contributed by atoms with van der Waals surface area (Å²) in [6, 6.07) is 85.7. The Morgan fingerprint density at radius 3 is 1.19 bits per heavy atom. The van der Waals surface area contributed by atoms with E-state index in [0.717, 1.165) is 45.5 Å². The second kappa shape index (κ2) is 19.2. The van der Waals surface area contributed by atoms with Crippen LogP contribution in [0.2, 0.25) is 0 Å². The minimum Gasteiger partial charge on any atom is -0.311 e. The summed E-state index contributed by atoms with van der Waals surface area (Å²) in [7, 11) is -3.17. The van der Waals surface area contributed by atoms with Crippen LogP contribution in [-0.2, 0) is 21.7 Å². The Kier molecular flexibility index (Phi) is 12.6. The Balaban J connectivity index is 1.29. The molecule has 10 aromatic rings. The van der Waals surface area contributed by atoms with E-state index in [4.69, 9.17) is 4.98 Å². The van der Waals surface area contributed by atoms with Crippen LogP contribution in [0, 0.1) is 0 Å². The fourth-order valence-electron chi connectivity index (χ4n) is 12.4. The van der Waals surface area contributed by atoms with Gasteiger partial charge in [0.2, 0.25) is 0 Å². The summed E-state index contributed by atoms with van der Waals surface area (Å²) >= 11 is 0. The average Bonchev–Trinajstić information content (AvgIpc) is 2.50. The topological polar surface area (TPSA) is 24.3 Å². The second-order valence-electron chi connectivity index (χ2n) is 26.1. The van der Waals surface area contributed by atoms with Gasteiger partial charge in [0.1, 0.15) is 11.6 Å². The van der Waals surface area contributed by atoms with Crippen LogP contribution < -0.4 is 47.1 Å². The predicted molar refractivity (Wildman–Crippen MR) is 341 cm³/mol. The molecule has 0 spiro atoms. The third kappa shape index (κ3) is 8.89. The van der Waals surface area contributed by atoms with Crippen LogP contribution in [0.5, 0.6) is 0 Å². The maximum Gasteiger partial charge on any atom is 0.277 e. The summed E-state index contributed by atoms with van der Waals surface area (Å²) in [6.45, 7) is 27.5. The normalized spacial score (nSPS) is 13.5. The average molecular weight is 1050 g/mol. The lowest BCUT2D eigenvalue weighted by Crippen LogP contribution is -2.75. The van der Waals surface area contributed by atoms with Gasteiger partial charge in [-0.2, -0.15) is 0 Å². The zero-order valence-electron chi connectivity index (χ0n) is 48.2. The van der Waals surface area contributed by atoms with E-state index < -0.39 is 8.07 Å². The molecule has 0 bridgehead atoms. The van der Waals surface area contributed by atoms with Gasteiger partial charge < -0.3 is 4.90 Å². The number of para-hydroxylation sites is 1. The lowest BCUT2D eigenvalue weighted by molar-refractivity contribution is 0.590. The van der Waals surface area contributed by atoms with Gasteiger partial charge in [0.05, 0.1) is 5.59 Å². The van der Waals surface area contributed by atoms with Crippen LogP contribution in [-0.4, -0.2) is 24.3 Å². The molecule has 0 N–H and O–H groups in total. The molecule has 9 aromatic carbocycles. The van der Waals surface area contributed by atoms with Crippen molar-refractivity contribution < 1.29 is 0 Å². The molecular weight excluding hydrogens is 972 g/mol. The van der Waals surface area contributed by atoms with Crippen LogP contribution in [0.1, 0.15) is 105 Å². The highest BCUT2D eigenvalue weighted by Gasteiger charge is 2.50. The first-order chi connectivity index (χ1) is 37.7. The Bertz CT molecular complexity index is 3740.